The number of rotatable bonds is 11. The van der Waals surface area contributed by atoms with Gasteiger partial charge in [-0.25, -0.2) is 0 Å². The summed E-state index contributed by atoms with van der Waals surface area (Å²) >= 11 is 0. The summed E-state index contributed by atoms with van der Waals surface area (Å²) in [4.78, 5) is 16.4. The standard InChI is InChI=1S/C27H30N2O2/c1-31-25-17-15-24(16-18-25)26(23-11-3-2-4-12-23)13-7-14-27(30)29-20-6-5-9-22-10-8-19-28-21-22/h2-4,8,10-13,15-19,21H,5-7,9,14,20H2,1H3,(H,29,30). The number of aromatic nitrogens is 1. The van der Waals surface area contributed by atoms with Gasteiger partial charge in [-0.05, 0) is 66.1 Å². The van der Waals surface area contributed by atoms with E-state index in [1.807, 2.05) is 42.6 Å². The third kappa shape index (κ3) is 7.41. The van der Waals surface area contributed by atoms with Crippen LogP contribution in [-0.4, -0.2) is 24.5 Å². The molecule has 1 amide bonds. The van der Waals surface area contributed by atoms with Crippen molar-refractivity contribution in [2.45, 2.75) is 32.1 Å². The number of carbonyl (C=O) groups excluding carboxylic acids is 1. The second kappa shape index (κ2) is 12.3. The van der Waals surface area contributed by atoms with E-state index in [0.29, 0.717) is 19.4 Å². The van der Waals surface area contributed by atoms with Gasteiger partial charge in [-0.3, -0.25) is 9.78 Å². The predicted molar refractivity (Wildman–Crippen MR) is 126 cm³/mol. The molecule has 0 atom stereocenters. The molecule has 0 aliphatic heterocycles. The quantitative estimate of drug-likeness (QED) is 0.425. The van der Waals surface area contributed by atoms with Crippen molar-refractivity contribution in [3.8, 4) is 5.75 Å². The fraction of sp³-hybridized carbons (Fsp3) is 0.259. The molecular formula is C27H30N2O2. The van der Waals surface area contributed by atoms with E-state index >= 15 is 0 Å². The van der Waals surface area contributed by atoms with E-state index in [1.54, 1.807) is 13.3 Å². The maximum Gasteiger partial charge on any atom is 0.220 e. The number of aryl methyl sites for hydroxylation is 1. The number of benzene rings is 2. The highest BCUT2D eigenvalue weighted by Crippen LogP contribution is 2.26. The van der Waals surface area contributed by atoms with Crippen molar-refractivity contribution in [1.29, 1.82) is 0 Å². The van der Waals surface area contributed by atoms with E-state index in [0.717, 1.165) is 41.7 Å². The minimum Gasteiger partial charge on any atom is -0.497 e. The molecule has 3 aromatic rings. The number of unbranched alkanes of at least 4 members (excludes halogenated alkanes) is 1. The number of carbonyl (C=O) groups is 1. The van der Waals surface area contributed by atoms with Crippen LogP contribution in [0.5, 0.6) is 5.75 Å². The van der Waals surface area contributed by atoms with Gasteiger partial charge in [0.15, 0.2) is 0 Å². The zero-order valence-electron chi connectivity index (χ0n) is 18.1. The Labute approximate surface area is 185 Å². The lowest BCUT2D eigenvalue weighted by atomic mass is 9.96. The van der Waals surface area contributed by atoms with E-state index in [2.05, 4.69) is 46.7 Å². The van der Waals surface area contributed by atoms with Crippen LogP contribution in [0.2, 0.25) is 0 Å². The van der Waals surface area contributed by atoms with Crippen LogP contribution in [0.25, 0.3) is 5.57 Å². The van der Waals surface area contributed by atoms with Gasteiger partial charge < -0.3 is 10.1 Å². The lowest BCUT2D eigenvalue weighted by molar-refractivity contribution is -0.121. The molecule has 4 nitrogen and oxygen atoms in total. The van der Waals surface area contributed by atoms with Crippen molar-refractivity contribution in [2.24, 2.45) is 0 Å². The molecule has 0 bridgehead atoms. The zero-order chi connectivity index (χ0) is 21.7. The monoisotopic (exact) mass is 414 g/mol. The van der Waals surface area contributed by atoms with E-state index in [-0.39, 0.29) is 5.91 Å². The van der Waals surface area contributed by atoms with Crippen LogP contribution in [0.4, 0.5) is 0 Å². The Balaban J connectivity index is 1.49. The molecule has 2 aromatic carbocycles. The highest BCUT2D eigenvalue weighted by Gasteiger charge is 2.06. The Bertz CT molecular complexity index is 952. The summed E-state index contributed by atoms with van der Waals surface area (Å²) in [6.45, 7) is 0.715. The number of nitrogens with one attached hydrogen (secondary N) is 1. The van der Waals surface area contributed by atoms with Gasteiger partial charge in [0.25, 0.3) is 0 Å². The molecule has 1 aromatic heterocycles. The molecule has 0 saturated heterocycles. The first-order chi connectivity index (χ1) is 15.3. The van der Waals surface area contributed by atoms with Crippen molar-refractivity contribution in [2.75, 3.05) is 13.7 Å². The normalized spacial score (nSPS) is 11.2. The first-order valence-corrected chi connectivity index (χ1v) is 10.8. The van der Waals surface area contributed by atoms with Gasteiger partial charge in [0, 0.05) is 25.4 Å². The summed E-state index contributed by atoms with van der Waals surface area (Å²) in [5.74, 6) is 0.929. The fourth-order valence-corrected chi connectivity index (χ4v) is 3.45. The zero-order valence-corrected chi connectivity index (χ0v) is 18.1. The number of nitrogens with zero attached hydrogens (tertiary/aromatic N) is 1. The summed E-state index contributed by atoms with van der Waals surface area (Å²) in [5.41, 5.74) is 4.63. The molecule has 0 radical (unpaired) electrons. The van der Waals surface area contributed by atoms with Gasteiger partial charge in [-0.1, -0.05) is 54.6 Å². The Hall–Kier alpha value is -3.40. The number of methoxy groups -OCH3 is 1. The molecule has 3 rings (SSSR count). The minimum atomic E-state index is 0.0970. The molecule has 0 fully saturated rings. The van der Waals surface area contributed by atoms with Crippen LogP contribution in [0.15, 0.2) is 85.2 Å². The third-order valence-electron chi connectivity index (χ3n) is 5.14. The molecule has 1 N–H and O–H groups in total. The van der Waals surface area contributed by atoms with Crippen LogP contribution in [0, 0.1) is 0 Å². The molecule has 31 heavy (non-hydrogen) atoms. The number of amides is 1. The molecule has 0 aliphatic rings. The van der Waals surface area contributed by atoms with Gasteiger partial charge in [-0.2, -0.15) is 0 Å². The Morgan fingerprint density at radius 3 is 2.45 bits per heavy atom. The third-order valence-corrected chi connectivity index (χ3v) is 5.14. The van der Waals surface area contributed by atoms with E-state index in [9.17, 15) is 4.79 Å². The number of hydrogen-bond donors (Lipinski definition) is 1. The van der Waals surface area contributed by atoms with Gasteiger partial charge in [0.2, 0.25) is 5.91 Å². The van der Waals surface area contributed by atoms with E-state index in [1.165, 1.54) is 5.56 Å². The smallest absolute Gasteiger partial charge is 0.220 e. The lowest BCUT2D eigenvalue weighted by Crippen LogP contribution is -2.23. The number of ether oxygens (including phenoxy) is 1. The molecular weight excluding hydrogens is 384 g/mol. The van der Waals surface area contributed by atoms with Crippen molar-refractivity contribution < 1.29 is 9.53 Å². The lowest BCUT2D eigenvalue weighted by Gasteiger charge is -2.10. The molecule has 1 heterocycles. The number of hydrogen-bond acceptors (Lipinski definition) is 3. The predicted octanol–water partition coefficient (Wildman–Crippen LogP) is 5.44. The Kier molecular flexibility index (Phi) is 8.87. The van der Waals surface area contributed by atoms with Crippen LogP contribution in [-0.2, 0) is 11.2 Å². The first kappa shape index (κ1) is 22.3. The minimum absolute atomic E-state index is 0.0970. The van der Waals surface area contributed by atoms with Gasteiger partial charge in [0.1, 0.15) is 5.75 Å². The second-order valence-electron chi connectivity index (χ2n) is 7.42. The fourth-order valence-electron chi connectivity index (χ4n) is 3.45. The van der Waals surface area contributed by atoms with Crippen molar-refractivity contribution in [1.82, 2.24) is 10.3 Å². The Morgan fingerprint density at radius 1 is 0.968 bits per heavy atom. The average molecular weight is 415 g/mol. The maximum atomic E-state index is 12.2. The summed E-state index contributed by atoms with van der Waals surface area (Å²) in [7, 11) is 1.67. The van der Waals surface area contributed by atoms with E-state index in [4.69, 9.17) is 4.74 Å². The van der Waals surface area contributed by atoms with Crippen molar-refractivity contribution in [3.63, 3.8) is 0 Å². The molecule has 160 valence electrons. The van der Waals surface area contributed by atoms with Crippen molar-refractivity contribution >= 4 is 11.5 Å². The van der Waals surface area contributed by atoms with Crippen LogP contribution in [0.1, 0.15) is 42.4 Å². The van der Waals surface area contributed by atoms with Crippen molar-refractivity contribution in [3.05, 3.63) is 102 Å². The molecule has 0 spiro atoms. The maximum absolute atomic E-state index is 12.2. The Morgan fingerprint density at radius 2 is 1.74 bits per heavy atom. The highest BCUT2D eigenvalue weighted by molar-refractivity contribution is 5.81. The second-order valence-corrected chi connectivity index (χ2v) is 7.42. The molecule has 0 aliphatic carbocycles. The molecule has 0 unspecified atom stereocenters. The summed E-state index contributed by atoms with van der Waals surface area (Å²) in [5, 5.41) is 3.04. The number of allylic oxidation sites excluding steroid dienone is 1. The van der Waals surface area contributed by atoms with E-state index < -0.39 is 0 Å². The highest BCUT2D eigenvalue weighted by atomic mass is 16.5. The SMILES string of the molecule is COc1ccc(C(=CCCC(=O)NCCCCc2cccnc2)c2ccccc2)cc1. The van der Waals surface area contributed by atoms with Crippen LogP contribution in [0.3, 0.4) is 0 Å². The van der Waals surface area contributed by atoms with Crippen LogP contribution >= 0.6 is 0 Å². The van der Waals surface area contributed by atoms with Gasteiger partial charge in [-0.15, -0.1) is 0 Å². The number of pyridine rings is 1. The first-order valence-electron chi connectivity index (χ1n) is 10.8. The summed E-state index contributed by atoms with van der Waals surface area (Å²) in [6, 6.07) is 22.4. The summed E-state index contributed by atoms with van der Waals surface area (Å²) < 4.78 is 5.27. The summed E-state index contributed by atoms with van der Waals surface area (Å²) in [6.07, 6.45) is 10.0. The molecule has 4 heteroatoms. The topological polar surface area (TPSA) is 51.2 Å². The van der Waals surface area contributed by atoms with Gasteiger partial charge >= 0.3 is 0 Å². The average Bonchev–Trinajstić information content (AvgIpc) is 2.83. The van der Waals surface area contributed by atoms with Gasteiger partial charge in [0.05, 0.1) is 7.11 Å². The largest absolute Gasteiger partial charge is 0.497 e. The van der Waals surface area contributed by atoms with Crippen LogP contribution < -0.4 is 10.1 Å². The molecule has 0 saturated carbocycles.